The van der Waals surface area contributed by atoms with Crippen LogP contribution in [0.3, 0.4) is 0 Å². The van der Waals surface area contributed by atoms with Crippen molar-refractivity contribution >= 4 is 11.8 Å². The van der Waals surface area contributed by atoms with Crippen LogP contribution in [0.4, 0.5) is 13.2 Å². The lowest BCUT2D eigenvalue weighted by atomic mass is 10.1. The average molecular weight is 250 g/mol. The number of esters is 1. The van der Waals surface area contributed by atoms with E-state index >= 15 is 0 Å². The molecular formula is C10H9F3O4. The van der Waals surface area contributed by atoms with Gasteiger partial charge in [0.25, 0.3) is 0 Å². The molecule has 0 aliphatic rings. The van der Waals surface area contributed by atoms with E-state index in [1.54, 1.807) is 0 Å². The summed E-state index contributed by atoms with van der Waals surface area (Å²) in [5.41, 5.74) is -1.30. The molecule has 0 aliphatic carbocycles. The molecule has 0 fully saturated rings. The molecule has 0 bridgehead atoms. The summed E-state index contributed by atoms with van der Waals surface area (Å²) < 4.78 is 46.2. The molecule has 0 saturated carbocycles. The van der Waals surface area contributed by atoms with Crippen LogP contribution in [0.1, 0.15) is 40.3 Å². The highest BCUT2D eigenvalue weighted by Gasteiger charge is 2.42. The summed E-state index contributed by atoms with van der Waals surface area (Å²) in [6.07, 6.45) is -4.24. The van der Waals surface area contributed by atoms with Gasteiger partial charge in [-0.05, 0) is 13.8 Å². The molecular weight excluding hydrogens is 241 g/mol. The first-order valence-corrected chi connectivity index (χ1v) is 4.65. The van der Waals surface area contributed by atoms with Crippen LogP contribution < -0.4 is 0 Å². The highest BCUT2D eigenvalue weighted by molar-refractivity contribution is 6.05. The Labute approximate surface area is 94.3 Å². The maximum absolute atomic E-state index is 12.5. The van der Waals surface area contributed by atoms with E-state index in [0.717, 1.165) is 6.92 Å². The Balaban J connectivity index is 3.35. The molecule has 0 radical (unpaired) electrons. The molecule has 0 amide bonds. The second-order valence-electron chi connectivity index (χ2n) is 3.13. The van der Waals surface area contributed by atoms with Crippen LogP contribution in [0.2, 0.25) is 0 Å². The van der Waals surface area contributed by atoms with Crippen LogP contribution in [0.25, 0.3) is 0 Å². The minimum Gasteiger partial charge on any atom is -0.462 e. The van der Waals surface area contributed by atoms with E-state index in [0.29, 0.717) is 6.26 Å². The first-order valence-electron chi connectivity index (χ1n) is 4.65. The fourth-order valence-corrected chi connectivity index (χ4v) is 1.23. The van der Waals surface area contributed by atoms with E-state index in [1.807, 2.05) is 0 Å². The van der Waals surface area contributed by atoms with Gasteiger partial charge in [0.2, 0.25) is 5.76 Å². The van der Waals surface area contributed by atoms with Crippen LogP contribution in [-0.4, -0.2) is 18.4 Å². The van der Waals surface area contributed by atoms with Gasteiger partial charge in [0.1, 0.15) is 11.8 Å². The highest BCUT2D eigenvalue weighted by atomic mass is 19.4. The normalized spacial score (nSPS) is 11.4. The Kier molecular flexibility index (Phi) is 3.59. The number of Topliss-reactive ketones (excluding diaryl/α,β-unsaturated/α-hetero) is 1. The summed E-state index contributed by atoms with van der Waals surface area (Å²) in [5, 5.41) is 0. The summed E-state index contributed by atoms with van der Waals surface area (Å²) in [6.45, 7) is 2.38. The van der Waals surface area contributed by atoms with Gasteiger partial charge in [-0.25, -0.2) is 4.79 Å². The number of alkyl halides is 3. The van der Waals surface area contributed by atoms with E-state index in [4.69, 9.17) is 0 Å². The molecule has 94 valence electrons. The number of halogens is 3. The molecule has 0 aromatic carbocycles. The number of hydrogen-bond donors (Lipinski definition) is 0. The van der Waals surface area contributed by atoms with Gasteiger partial charge in [-0.1, -0.05) is 0 Å². The van der Waals surface area contributed by atoms with E-state index in [9.17, 15) is 22.8 Å². The van der Waals surface area contributed by atoms with Crippen LogP contribution >= 0.6 is 0 Å². The lowest BCUT2D eigenvalue weighted by Gasteiger charge is -2.06. The van der Waals surface area contributed by atoms with E-state index in [2.05, 4.69) is 9.15 Å². The van der Waals surface area contributed by atoms with Crippen molar-refractivity contribution in [1.29, 1.82) is 0 Å². The third-order valence-corrected chi connectivity index (χ3v) is 1.91. The predicted octanol–water partition coefficient (Wildman–Crippen LogP) is 2.68. The molecule has 7 heteroatoms. The van der Waals surface area contributed by atoms with Gasteiger partial charge in [0.05, 0.1) is 12.2 Å². The summed E-state index contributed by atoms with van der Waals surface area (Å²) in [4.78, 5) is 22.4. The Morgan fingerprint density at radius 1 is 1.41 bits per heavy atom. The van der Waals surface area contributed by atoms with Crippen LogP contribution in [0, 0.1) is 0 Å². The summed E-state index contributed by atoms with van der Waals surface area (Å²) in [7, 11) is 0. The summed E-state index contributed by atoms with van der Waals surface area (Å²) in [5.74, 6) is -3.44. The Morgan fingerprint density at radius 2 is 2.00 bits per heavy atom. The quantitative estimate of drug-likeness (QED) is 0.611. The molecule has 0 unspecified atom stereocenters. The number of rotatable bonds is 3. The molecule has 0 aliphatic heterocycles. The molecule has 1 rings (SSSR count). The van der Waals surface area contributed by atoms with E-state index < -0.39 is 34.8 Å². The van der Waals surface area contributed by atoms with Gasteiger partial charge < -0.3 is 9.15 Å². The maximum Gasteiger partial charge on any atom is 0.450 e. The zero-order valence-electron chi connectivity index (χ0n) is 9.05. The Hall–Kier alpha value is -1.79. The van der Waals surface area contributed by atoms with Gasteiger partial charge in [0.15, 0.2) is 5.78 Å². The topological polar surface area (TPSA) is 56.5 Å². The minimum absolute atomic E-state index is 0.0986. The number of ether oxygens (including phenoxy) is 1. The van der Waals surface area contributed by atoms with Gasteiger partial charge >= 0.3 is 12.1 Å². The van der Waals surface area contributed by atoms with Crippen LogP contribution in [-0.2, 0) is 10.9 Å². The Morgan fingerprint density at radius 3 is 2.41 bits per heavy atom. The van der Waals surface area contributed by atoms with E-state index in [-0.39, 0.29) is 6.61 Å². The highest BCUT2D eigenvalue weighted by Crippen LogP contribution is 2.35. The predicted molar refractivity (Wildman–Crippen MR) is 49.7 cm³/mol. The lowest BCUT2D eigenvalue weighted by Crippen LogP contribution is -2.15. The second-order valence-corrected chi connectivity index (χ2v) is 3.13. The van der Waals surface area contributed by atoms with Gasteiger partial charge in [0, 0.05) is 0 Å². The van der Waals surface area contributed by atoms with Crippen LogP contribution in [0.5, 0.6) is 0 Å². The van der Waals surface area contributed by atoms with Gasteiger partial charge in [-0.2, -0.15) is 13.2 Å². The summed E-state index contributed by atoms with van der Waals surface area (Å²) in [6, 6.07) is 0. The molecule has 1 aromatic heterocycles. The molecule has 0 N–H and O–H groups in total. The Bertz CT molecular complexity index is 445. The molecule has 1 heterocycles. The fourth-order valence-electron chi connectivity index (χ4n) is 1.23. The first kappa shape index (κ1) is 13.3. The largest absolute Gasteiger partial charge is 0.462 e. The van der Waals surface area contributed by atoms with Crippen molar-refractivity contribution in [2.75, 3.05) is 6.61 Å². The molecule has 1 aromatic rings. The first-order chi connectivity index (χ1) is 7.79. The molecule has 0 saturated heterocycles. The van der Waals surface area contributed by atoms with Crippen molar-refractivity contribution < 1.29 is 31.9 Å². The third kappa shape index (κ3) is 2.66. The lowest BCUT2D eigenvalue weighted by molar-refractivity contribution is -0.153. The van der Waals surface area contributed by atoms with Crippen LogP contribution in [0.15, 0.2) is 10.7 Å². The zero-order valence-corrected chi connectivity index (χ0v) is 9.05. The number of furan rings is 1. The van der Waals surface area contributed by atoms with Gasteiger partial charge in [-0.15, -0.1) is 0 Å². The fraction of sp³-hybridized carbons (Fsp3) is 0.400. The molecule has 17 heavy (non-hydrogen) atoms. The average Bonchev–Trinajstić information content (AvgIpc) is 2.60. The zero-order chi connectivity index (χ0) is 13.2. The second kappa shape index (κ2) is 4.60. The molecule has 0 spiro atoms. The van der Waals surface area contributed by atoms with Crippen molar-refractivity contribution in [3.63, 3.8) is 0 Å². The van der Waals surface area contributed by atoms with Crippen molar-refractivity contribution in [3.8, 4) is 0 Å². The maximum atomic E-state index is 12.5. The number of ketones is 1. The molecule has 0 atom stereocenters. The third-order valence-electron chi connectivity index (χ3n) is 1.91. The van der Waals surface area contributed by atoms with Crippen molar-refractivity contribution in [2.24, 2.45) is 0 Å². The minimum atomic E-state index is -4.85. The molecule has 4 nitrogen and oxygen atoms in total. The van der Waals surface area contributed by atoms with Crippen molar-refractivity contribution in [3.05, 3.63) is 23.2 Å². The van der Waals surface area contributed by atoms with Crippen molar-refractivity contribution in [2.45, 2.75) is 20.0 Å². The van der Waals surface area contributed by atoms with Gasteiger partial charge in [-0.3, -0.25) is 4.79 Å². The van der Waals surface area contributed by atoms with Crippen molar-refractivity contribution in [1.82, 2.24) is 0 Å². The number of carbonyl (C=O) groups is 2. The summed E-state index contributed by atoms with van der Waals surface area (Å²) >= 11 is 0. The number of hydrogen-bond acceptors (Lipinski definition) is 4. The number of carbonyl (C=O) groups excluding carboxylic acids is 2. The SMILES string of the molecule is CCOC(=O)c1c(C(C)=O)coc1C(F)(F)F. The smallest absolute Gasteiger partial charge is 0.450 e. The van der Waals surface area contributed by atoms with E-state index in [1.165, 1.54) is 6.92 Å². The monoisotopic (exact) mass is 250 g/mol. The standard InChI is InChI=1S/C10H9F3O4/c1-3-16-9(15)7-6(5(2)14)4-17-8(7)10(11,12)13/h4H,3H2,1-2H3.